The molecule has 0 atom stereocenters. The van der Waals surface area contributed by atoms with Crippen molar-refractivity contribution in [1.82, 2.24) is 5.06 Å². The van der Waals surface area contributed by atoms with Gasteiger partial charge in [0.25, 0.3) is 0 Å². The normalized spacial score (nSPS) is 15.2. The number of hydroxylamine groups is 2. The number of primary amides is 1. The summed E-state index contributed by atoms with van der Waals surface area (Å²) >= 11 is 0. The average molecular weight is 292 g/mol. The summed E-state index contributed by atoms with van der Waals surface area (Å²) < 4.78 is 0. The smallest absolute Gasteiger partial charge is 0.352 e. The quantitative estimate of drug-likeness (QED) is 0.801. The van der Waals surface area contributed by atoms with Crippen LogP contribution < -0.4 is 5.73 Å². The molecule has 0 bridgehead atoms. The molecule has 1 heterocycles. The first-order valence-corrected chi connectivity index (χ1v) is 7.02. The Morgan fingerprint density at radius 3 is 2.14 bits per heavy atom. The molecule has 2 aliphatic rings. The SMILES string of the molecule is NC(=O)N1C=C2CC=CC=C2O1.c1ccc2ccccc2c1. The monoisotopic (exact) mass is 292 g/mol. The van der Waals surface area contributed by atoms with Crippen molar-refractivity contribution in [2.75, 3.05) is 0 Å². The van der Waals surface area contributed by atoms with Gasteiger partial charge in [-0.3, -0.25) is 0 Å². The van der Waals surface area contributed by atoms with Crippen LogP contribution in [0.1, 0.15) is 6.42 Å². The maximum absolute atomic E-state index is 10.7. The number of urea groups is 1. The summed E-state index contributed by atoms with van der Waals surface area (Å²) in [6.45, 7) is 0. The van der Waals surface area contributed by atoms with Gasteiger partial charge in [0.05, 0.1) is 6.20 Å². The van der Waals surface area contributed by atoms with Crippen molar-refractivity contribution in [1.29, 1.82) is 0 Å². The molecule has 0 fully saturated rings. The number of rotatable bonds is 0. The largest absolute Gasteiger partial charge is 0.371 e. The molecular formula is C18H16N2O2. The van der Waals surface area contributed by atoms with Crippen molar-refractivity contribution in [3.05, 3.63) is 84.3 Å². The molecule has 1 aliphatic heterocycles. The first kappa shape index (κ1) is 13.9. The number of carbonyl (C=O) groups is 1. The molecule has 2 amide bonds. The van der Waals surface area contributed by atoms with Gasteiger partial charge in [-0.25, -0.2) is 4.79 Å². The molecule has 0 saturated carbocycles. The van der Waals surface area contributed by atoms with Gasteiger partial charge in [0.2, 0.25) is 0 Å². The van der Waals surface area contributed by atoms with Gasteiger partial charge in [-0.15, -0.1) is 5.06 Å². The zero-order chi connectivity index (χ0) is 15.4. The van der Waals surface area contributed by atoms with Crippen LogP contribution in [0.5, 0.6) is 0 Å². The summed E-state index contributed by atoms with van der Waals surface area (Å²) in [5.41, 5.74) is 6.00. The third-order valence-corrected chi connectivity index (χ3v) is 3.38. The minimum Gasteiger partial charge on any atom is -0.371 e. The second-order valence-electron chi connectivity index (χ2n) is 4.92. The molecule has 0 saturated heterocycles. The predicted molar refractivity (Wildman–Crippen MR) is 86.4 cm³/mol. The fourth-order valence-corrected chi connectivity index (χ4v) is 2.28. The summed E-state index contributed by atoms with van der Waals surface area (Å²) in [4.78, 5) is 15.8. The highest BCUT2D eigenvalue weighted by Gasteiger charge is 2.23. The topological polar surface area (TPSA) is 55.6 Å². The van der Waals surface area contributed by atoms with E-state index in [1.807, 2.05) is 12.2 Å². The molecule has 0 spiro atoms. The lowest BCUT2D eigenvalue weighted by Gasteiger charge is -2.09. The van der Waals surface area contributed by atoms with E-state index in [1.54, 1.807) is 12.3 Å². The number of amides is 2. The molecule has 4 heteroatoms. The molecule has 0 aromatic heterocycles. The molecule has 22 heavy (non-hydrogen) atoms. The molecule has 4 rings (SSSR count). The summed E-state index contributed by atoms with van der Waals surface area (Å²) in [7, 11) is 0. The van der Waals surface area contributed by atoms with Crippen LogP contribution in [0.4, 0.5) is 4.79 Å². The van der Waals surface area contributed by atoms with Crippen LogP contribution in [0, 0.1) is 0 Å². The molecule has 1 aliphatic carbocycles. The Morgan fingerprint density at radius 2 is 1.64 bits per heavy atom. The highest BCUT2D eigenvalue weighted by atomic mass is 16.7. The second-order valence-corrected chi connectivity index (χ2v) is 4.92. The lowest BCUT2D eigenvalue weighted by molar-refractivity contribution is -0.00961. The van der Waals surface area contributed by atoms with Crippen LogP contribution >= 0.6 is 0 Å². The summed E-state index contributed by atoms with van der Waals surface area (Å²) in [5, 5.41) is 3.66. The van der Waals surface area contributed by atoms with Gasteiger partial charge in [-0.1, -0.05) is 60.7 Å². The first-order chi connectivity index (χ1) is 10.7. The van der Waals surface area contributed by atoms with Crippen molar-refractivity contribution in [3.8, 4) is 0 Å². The van der Waals surface area contributed by atoms with Crippen molar-refractivity contribution < 1.29 is 9.63 Å². The Hall–Kier alpha value is -3.01. The van der Waals surface area contributed by atoms with Crippen molar-refractivity contribution in [2.45, 2.75) is 6.42 Å². The zero-order valence-corrected chi connectivity index (χ0v) is 12.0. The zero-order valence-electron chi connectivity index (χ0n) is 12.0. The summed E-state index contributed by atoms with van der Waals surface area (Å²) in [6.07, 6.45) is 8.08. The molecule has 110 valence electrons. The van der Waals surface area contributed by atoms with E-state index in [9.17, 15) is 4.79 Å². The lowest BCUT2D eigenvalue weighted by atomic mass is 10.1. The minimum absolute atomic E-state index is 0.599. The number of nitrogens with two attached hydrogens (primary N) is 1. The van der Waals surface area contributed by atoms with Gasteiger partial charge in [0.15, 0.2) is 5.76 Å². The van der Waals surface area contributed by atoms with E-state index in [2.05, 4.69) is 48.5 Å². The Kier molecular flexibility index (Phi) is 3.92. The van der Waals surface area contributed by atoms with E-state index < -0.39 is 6.03 Å². The van der Waals surface area contributed by atoms with E-state index >= 15 is 0 Å². The lowest BCUT2D eigenvalue weighted by Crippen LogP contribution is -2.28. The molecule has 0 unspecified atom stereocenters. The highest BCUT2D eigenvalue weighted by Crippen LogP contribution is 2.27. The maximum Gasteiger partial charge on any atom is 0.352 e. The third-order valence-electron chi connectivity index (χ3n) is 3.38. The standard InChI is InChI=1S/C10H8.C8H8N2O2/c1-2-6-10-8-4-3-7-9(10)5-1;9-8(11)10-5-6-3-1-2-4-7(6)12-10/h1-8H;1-2,4-5H,3H2,(H2,9,11). The van der Waals surface area contributed by atoms with Crippen LogP contribution in [0.25, 0.3) is 10.8 Å². The van der Waals surface area contributed by atoms with Crippen LogP contribution in [-0.4, -0.2) is 11.1 Å². The molecular weight excluding hydrogens is 276 g/mol. The van der Waals surface area contributed by atoms with E-state index in [4.69, 9.17) is 10.6 Å². The number of carbonyl (C=O) groups excluding carboxylic acids is 1. The van der Waals surface area contributed by atoms with E-state index in [1.165, 1.54) is 10.8 Å². The van der Waals surface area contributed by atoms with E-state index in [-0.39, 0.29) is 0 Å². The van der Waals surface area contributed by atoms with Crippen LogP contribution in [0.15, 0.2) is 84.3 Å². The van der Waals surface area contributed by atoms with Gasteiger partial charge in [0, 0.05) is 5.57 Å². The Bertz CT molecular complexity index is 725. The second kappa shape index (κ2) is 6.18. The molecule has 4 nitrogen and oxygen atoms in total. The van der Waals surface area contributed by atoms with E-state index in [0.29, 0.717) is 5.76 Å². The molecule has 2 aromatic rings. The highest BCUT2D eigenvalue weighted by molar-refractivity contribution is 5.82. The first-order valence-electron chi connectivity index (χ1n) is 7.02. The van der Waals surface area contributed by atoms with Crippen LogP contribution in [0.2, 0.25) is 0 Å². The molecule has 2 aromatic carbocycles. The molecule has 2 N–H and O–H groups in total. The van der Waals surface area contributed by atoms with Gasteiger partial charge in [-0.2, -0.15) is 0 Å². The number of nitrogens with zero attached hydrogens (tertiary/aromatic N) is 1. The Morgan fingerprint density at radius 1 is 1.05 bits per heavy atom. The van der Waals surface area contributed by atoms with Crippen molar-refractivity contribution >= 4 is 16.8 Å². The van der Waals surface area contributed by atoms with E-state index in [0.717, 1.165) is 17.1 Å². The number of hydrogen-bond donors (Lipinski definition) is 1. The van der Waals surface area contributed by atoms with Gasteiger partial charge < -0.3 is 10.6 Å². The number of benzene rings is 2. The van der Waals surface area contributed by atoms with Gasteiger partial charge in [-0.05, 0) is 23.3 Å². The predicted octanol–water partition coefficient (Wildman–Crippen LogP) is 3.88. The average Bonchev–Trinajstić information content (AvgIpc) is 3.00. The number of hydrogen-bond acceptors (Lipinski definition) is 2. The van der Waals surface area contributed by atoms with Crippen LogP contribution in [-0.2, 0) is 4.84 Å². The van der Waals surface area contributed by atoms with Crippen LogP contribution in [0.3, 0.4) is 0 Å². The number of allylic oxidation sites excluding steroid dienone is 4. The fourth-order valence-electron chi connectivity index (χ4n) is 2.28. The molecule has 0 radical (unpaired) electrons. The minimum atomic E-state index is -0.599. The summed E-state index contributed by atoms with van der Waals surface area (Å²) in [6, 6.07) is 16.1. The van der Waals surface area contributed by atoms with Gasteiger partial charge >= 0.3 is 6.03 Å². The Balaban J connectivity index is 0.000000133. The third kappa shape index (κ3) is 3.01. The van der Waals surface area contributed by atoms with Crippen molar-refractivity contribution in [3.63, 3.8) is 0 Å². The maximum atomic E-state index is 10.7. The van der Waals surface area contributed by atoms with Gasteiger partial charge in [0.1, 0.15) is 0 Å². The summed E-state index contributed by atoms with van der Waals surface area (Å²) in [5.74, 6) is 0.705. The Labute approximate surface area is 128 Å². The fraction of sp³-hybridized carbons (Fsp3) is 0.0556. The van der Waals surface area contributed by atoms with Crippen molar-refractivity contribution in [2.24, 2.45) is 5.73 Å². The number of fused-ring (bicyclic) bond motifs is 2.